The minimum Gasteiger partial charge on any atom is -0.330 e. The summed E-state index contributed by atoms with van der Waals surface area (Å²) in [6.07, 6.45) is 8.37. The van der Waals surface area contributed by atoms with Crippen molar-refractivity contribution < 1.29 is 0 Å². The molecule has 0 amide bonds. The van der Waals surface area contributed by atoms with Gasteiger partial charge in [-0.15, -0.1) is 0 Å². The lowest BCUT2D eigenvalue weighted by Crippen LogP contribution is -2.22. The molecule has 1 saturated heterocycles. The third-order valence-corrected chi connectivity index (χ3v) is 3.77. The number of likely N-dealkylation sites (tertiary alicyclic amines) is 1. The van der Waals surface area contributed by atoms with Crippen molar-refractivity contribution >= 4 is 0 Å². The van der Waals surface area contributed by atoms with Gasteiger partial charge < -0.3 is 10.6 Å². The number of hydrogen-bond donors (Lipinski definition) is 1. The fourth-order valence-electron chi connectivity index (χ4n) is 2.42. The van der Waals surface area contributed by atoms with Crippen LogP contribution in [0.4, 0.5) is 0 Å². The summed E-state index contributed by atoms with van der Waals surface area (Å²) >= 11 is 0. The van der Waals surface area contributed by atoms with Crippen LogP contribution in [-0.4, -0.2) is 31.1 Å². The molecule has 1 aliphatic carbocycles. The Morgan fingerprint density at radius 2 is 1.85 bits per heavy atom. The molecule has 13 heavy (non-hydrogen) atoms. The van der Waals surface area contributed by atoms with E-state index in [0.29, 0.717) is 5.41 Å². The van der Waals surface area contributed by atoms with Crippen molar-refractivity contribution in [3.05, 3.63) is 0 Å². The Bertz CT molecular complexity index is 157. The third kappa shape index (κ3) is 2.44. The van der Waals surface area contributed by atoms with Crippen molar-refractivity contribution in [2.45, 2.75) is 38.5 Å². The van der Waals surface area contributed by atoms with Crippen LogP contribution < -0.4 is 5.73 Å². The van der Waals surface area contributed by atoms with E-state index in [1.54, 1.807) is 0 Å². The molecule has 0 bridgehead atoms. The summed E-state index contributed by atoms with van der Waals surface area (Å²) in [7, 11) is 0. The predicted molar refractivity (Wildman–Crippen MR) is 55.6 cm³/mol. The predicted octanol–water partition coefficient (Wildman–Crippen LogP) is 1.60. The first-order valence-electron chi connectivity index (χ1n) is 5.77. The highest BCUT2D eigenvalue weighted by atomic mass is 15.1. The van der Waals surface area contributed by atoms with Gasteiger partial charge in [-0.3, -0.25) is 0 Å². The van der Waals surface area contributed by atoms with Crippen molar-refractivity contribution in [1.29, 1.82) is 0 Å². The molecule has 0 radical (unpaired) electrons. The molecule has 2 N–H and O–H groups in total. The minimum atomic E-state index is 0.597. The average molecular weight is 182 g/mol. The van der Waals surface area contributed by atoms with Gasteiger partial charge in [0.15, 0.2) is 0 Å². The molecule has 0 aromatic rings. The molecule has 0 spiro atoms. The summed E-state index contributed by atoms with van der Waals surface area (Å²) in [6.45, 7) is 4.93. The summed E-state index contributed by atoms with van der Waals surface area (Å²) in [5.41, 5.74) is 6.35. The first-order valence-corrected chi connectivity index (χ1v) is 5.77. The highest BCUT2D eigenvalue weighted by Gasteiger charge is 2.40. The van der Waals surface area contributed by atoms with Crippen molar-refractivity contribution in [2.24, 2.45) is 11.1 Å². The molecule has 0 atom stereocenters. The highest BCUT2D eigenvalue weighted by molar-refractivity contribution is 4.93. The molecule has 2 aliphatic rings. The maximum absolute atomic E-state index is 5.75. The van der Waals surface area contributed by atoms with Gasteiger partial charge in [-0.1, -0.05) is 0 Å². The van der Waals surface area contributed by atoms with Crippen molar-refractivity contribution in [1.82, 2.24) is 4.90 Å². The van der Waals surface area contributed by atoms with Crippen LogP contribution in [0.5, 0.6) is 0 Å². The van der Waals surface area contributed by atoms with E-state index in [2.05, 4.69) is 4.90 Å². The number of rotatable bonds is 5. The topological polar surface area (TPSA) is 29.3 Å². The molecule has 1 saturated carbocycles. The number of nitrogens with two attached hydrogens (primary N) is 1. The SMILES string of the molecule is NCC1(CCCN2CCCC2)CC1. The van der Waals surface area contributed by atoms with Crippen LogP contribution in [0, 0.1) is 5.41 Å². The van der Waals surface area contributed by atoms with Gasteiger partial charge in [-0.2, -0.15) is 0 Å². The third-order valence-electron chi connectivity index (χ3n) is 3.77. The second-order valence-electron chi connectivity index (χ2n) is 4.86. The van der Waals surface area contributed by atoms with Crippen LogP contribution in [0.15, 0.2) is 0 Å². The Morgan fingerprint density at radius 1 is 1.15 bits per heavy atom. The lowest BCUT2D eigenvalue weighted by Gasteiger charge is -2.17. The lowest BCUT2D eigenvalue weighted by molar-refractivity contribution is 0.311. The second-order valence-corrected chi connectivity index (χ2v) is 4.86. The van der Waals surface area contributed by atoms with Gasteiger partial charge in [-0.05, 0) is 70.1 Å². The second kappa shape index (κ2) is 3.97. The fraction of sp³-hybridized carbons (Fsp3) is 1.00. The van der Waals surface area contributed by atoms with Gasteiger partial charge in [0.05, 0.1) is 0 Å². The molecule has 0 unspecified atom stereocenters. The minimum absolute atomic E-state index is 0.597. The molecule has 1 heterocycles. The fourth-order valence-corrected chi connectivity index (χ4v) is 2.42. The molecule has 2 nitrogen and oxygen atoms in total. The van der Waals surface area contributed by atoms with E-state index in [1.165, 1.54) is 58.2 Å². The number of hydrogen-bond acceptors (Lipinski definition) is 2. The lowest BCUT2D eigenvalue weighted by atomic mass is 10.0. The Labute approximate surface area is 81.5 Å². The largest absolute Gasteiger partial charge is 0.330 e. The van der Waals surface area contributed by atoms with Crippen LogP contribution in [0.3, 0.4) is 0 Å². The highest BCUT2D eigenvalue weighted by Crippen LogP contribution is 2.48. The molecule has 2 rings (SSSR count). The van der Waals surface area contributed by atoms with Crippen LogP contribution >= 0.6 is 0 Å². The summed E-state index contributed by atoms with van der Waals surface area (Å²) in [6, 6.07) is 0. The quantitative estimate of drug-likeness (QED) is 0.700. The summed E-state index contributed by atoms with van der Waals surface area (Å²) in [5, 5.41) is 0. The summed E-state index contributed by atoms with van der Waals surface area (Å²) in [5.74, 6) is 0. The maximum atomic E-state index is 5.75. The van der Waals surface area contributed by atoms with Gasteiger partial charge in [0.2, 0.25) is 0 Å². The van der Waals surface area contributed by atoms with Gasteiger partial charge >= 0.3 is 0 Å². The molecule has 2 heteroatoms. The monoisotopic (exact) mass is 182 g/mol. The van der Waals surface area contributed by atoms with E-state index < -0.39 is 0 Å². The Hall–Kier alpha value is -0.0800. The van der Waals surface area contributed by atoms with Crippen molar-refractivity contribution in [2.75, 3.05) is 26.2 Å². The van der Waals surface area contributed by atoms with Gasteiger partial charge in [0.25, 0.3) is 0 Å². The molecule has 2 fully saturated rings. The van der Waals surface area contributed by atoms with Crippen LogP contribution in [0.2, 0.25) is 0 Å². The van der Waals surface area contributed by atoms with E-state index in [9.17, 15) is 0 Å². The van der Waals surface area contributed by atoms with Crippen molar-refractivity contribution in [3.63, 3.8) is 0 Å². The van der Waals surface area contributed by atoms with E-state index in [-0.39, 0.29) is 0 Å². The zero-order chi connectivity index (χ0) is 9.15. The zero-order valence-corrected chi connectivity index (χ0v) is 8.60. The van der Waals surface area contributed by atoms with Crippen LogP contribution in [0.1, 0.15) is 38.5 Å². The summed E-state index contributed by atoms with van der Waals surface area (Å²) in [4.78, 5) is 2.60. The van der Waals surface area contributed by atoms with Crippen LogP contribution in [-0.2, 0) is 0 Å². The Morgan fingerprint density at radius 3 is 2.38 bits per heavy atom. The van der Waals surface area contributed by atoms with E-state index in [4.69, 9.17) is 5.73 Å². The van der Waals surface area contributed by atoms with Gasteiger partial charge in [0.1, 0.15) is 0 Å². The van der Waals surface area contributed by atoms with Crippen molar-refractivity contribution in [3.8, 4) is 0 Å². The number of nitrogens with zero attached hydrogens (tertiary/aromatic N) is 1. The first kappa shape index (κ1) is 9.47. The summed E-state index contributed by atoms with van der Waals surface area (Å²) < 4.78 is 0. The van der Waals surface area contributed by atoms with Gasteiger partial charge in [-0.25, -0.2) is 0 Å². The first-order chi connectivity index (χ1) is 6.35. The maximum Gasteiger partial charge on any atom is -0.00183 e. The Balaban J connectivity index is 1.58. The molecule has 1 aliphatic heterocycles. The molecular weight excluding hydrogens is 160 g/mol. The standard InChI is InChI=1S/C11H22N2/c12-10-11(5-6-11)4-3-9-13-7-1-2-8-13/h1-10,12H2. The van der Waals surface area contributed by atoms with Gasteiger partial charge in [0, 0.05) is 0 Å². The van der Waals surface area contributed by atoms with E-state index in [0.717, 1.165) is 6.54 Å². The molecule has 76 valence electrons. The average Bonchev–Trinajstić information content (AvgIpc) is 2.74. The molecular formula is C11H22N2. The van der Waals surface area contributed by atoms with E-state index in [1.807, 2.05) is 0 Å². The molecule has 0 aromatic heterocycles. The molecule has 0 aromatic carbocycles. The zero-order valence-electron chi connectivity index (χ0n) is 8.60. The normalized spacial score (nSPS) is 26.5. The van der Waals surface area contributed by atoms with E-state index >= 15 is 0 Å². The Kier molecular flexibility index (Phi) is 2.89. The van der Waals surface area contributed by atoms with Crippen LogP contribution in [0.25, 0.3) is 0 Å². The smallest absolute Gasteiger partial charge is 0.00183 e.